The van der Waals surface area contributed by atoms with Gasteiger partial charge < -0.3 is 4.74 Å². The van der Waals surface area contributed by atoms with Crippen molar-refractivity contribution in [3.8, 4) is 5.75 Å². The second-order valence-electron chi connectivity index (χ2n) is 3.52. The first-order valence-corrected chi connectivity index (χ1v) is 7.54. The van der Waals surface area contributed by atoms with E-state index in [1.54, 1.807) is 19.9 Å². The quantitative estimate of drug-likeness (QED) is 0.800. The van der Waals surface area contributed by atoms with Crippen LogP contribution in [0.2, 0.25) is 0 Å². The summed E-state index contributed by atoms with van der Waals surface area (Å²) >= 11 is 5.36. The Morgan fingerprint density at radius 2 is 2.00 bits per heavy atom. The number of benzene rings is 1. The Balaban J connectivity index is 3.26. The van der Waals surface area contributed by atoms with E-state index in [1.165, 1.54) is 11.6 Å². The summed E-state index contributed by atoms with van der Waals surface area (Å²) in [6.45, 7) is 3.74. The van der Waals surface area contributed by atoms with Crippen molar-refractivity contribution < 1.29 is 13.2 Å². The topological polar surface area (TPSA) is 43.4 Å². The summed E-state index contributed by atoms with van der Waals surface area (Å²) in [6.07, 6.45) is 1.56. The Bertz CT molecular complexity index is 536. The Labute approximate surface area is 110 Å². The van der Waals surface area contributed by atoms with Crippen molar-refractivity contribution >= 4 is 31.3 Å². The Morgan fingerprint density at radius 3 is 2.53 bits per heavy atom. The molecule has 0 aliphatic carbocycles. The van der Waals surface area contributed by atoms with Gasteiger partial charge in [0.05, 0.1) is 0 Å². The highest BCUT2D eigenvalue weighted by molar-refractivity contribution is 8.13. The molecule has 0 spiro atoms. The summed E-state index contributed by atoms with van der Waals surface area (Å²) in [7, 11) is 1.54. The van der Waals surface area contributed by atoms with Gasteiger partial charge in [-0.05, 0) is 37.1 Å². The van der Waals surface area contributed by atoms with Gasteiger partial charge in [0.2, 0.25) is 0 Å². The molecule has 0 unspecified atom stereocenters. The third-order valence-corrected chi connectivity index (χ3v) is 3.57. The monoisotopic (exact) mass is 294 g/mol. The van der Waals surface area contributed by atoms with Crippen LogP contribution in [0.5, 0.6) is 5.75 Å². The zero-order valence-electron chi connectivity index (χ0n) is 9.41. The van der Waals surface area contributed by atoms with Gasteiger partial charge in [0, 0.05) is 16.2 Å². The van der Waals surface area contributed by atoms with Crippen molar-refractivity contribution in [1.29, 1.82) is 0 Å². The van der Waals surface area contributed by atoms with E-state index in [4.69, 9.17) is 27.0 Å². The molecule has 0 bridgehead atoms. The molecule has 0 aliphatic rings. The molecule has 1 rings (SSSR count). The summed E-state index contributed by atoms with van der Waals surface area (Å²) in [5, 5.41) is 0. The van der Waals surface area contributed by atoms with Crippen LogP contribution in [0.4, 0.5) is 0 Å². The van der Waals surface area contributed by atoms with Crippen LogP contribution in [0.1, 0.15) is 11.1 Å². The Morgan fingerprint density at radius 1 is 1.35 bits per heavy atom. The van der Waals surface area contributed by atoms with Crippen LogP contribution < -0.4 is 4.74 Å². The van der Waals surface area contributed by atoms with Gasteiger partial charge in [-0.2, -0.15) is 0 Å². The number of hydrogen-bond donors (Lipinski definition) is 0. The highest BCUT2D eigenvalue weighted by Gasteiger charge is 2.19. The summed E-state index contributed by atoms with van der Waals surface area (Å²) in [4.78, 5) is -0.0142. The lowest BCUT2D eigenvalue weighted by Crippen LogP contribution is -2.03. The fraction of sp³-hybridized carbons (Fsp3) is 0.273. The minimum atomic E-state index is -3.83. The Kier molecular flexibility index (Phi) is 4.86. The van der Waals surface area contributed by atoms with Gasteiger partial charge in [-0.15, -0.1) is 0 Å². The summed E-state index contributed by atoms with van der Waals surface area (Å²) < 4.78 is 28.2. The van der Waals surface area contributed by atoms with Gasteiger partial charge in [-0.3, -0.25) is 0 Å². The van der Waals surface area contributed by atoms with Crippen molar-refractivity contribution in [2.75, 3.05) is 6.61 Å². The first-order chi connectivity index (χ1) is 7.86. The van der Waals surface area contributed by atoms with Crippen molar-refractivity contribution in [2.45, 2.75) is 18.7 Å². The maximum absolute atomic E-state index is 11.4. The molecule has 0 amide bonds. The third-order valence-electron chi connectivity index (χ3n) is 2.06. The normalized spacial score (nSPS) is 12.0. The molecule has 0 aromatic heterocycles. The lowest BCUT2D eigenvalue weighted by molar-refractivity contribution is 0.350. The van der Waals surface area contributed by atoms with Gasteiger partial charge >= 0.3 is 0 Å². The van der Waals surface area contributed by atoms with Crippen LogP contribution in [-0.4, -0.2) is 15.0 Å². The number of aryl methyl sites for hydroxylation is 2. The van der Waals surface area contributed by atoms with E-state index in [9.17, 15) is 8.42 Å². The molecule has 94 valence electrons. The Hall–Kier alpha value is -0.710. The largest absolute Gasteiger partial charge is 0.488 e. The standard InChI is InChI=1S/C11H12Cl2O3S/c1-8-6-9(2)11(16-5-3-4-12)10(7-8)17(13,14)15/h3-4,6-7H,5H2,1-2H3/b4-3+. The second kappa shape index (κ2) is 5.76. The van der Waals surface area contributed by atoms with Crippen LogP contribution in [0, 0.1) is 13.8 Å². The molecule has 17 heavy (non-hydrogen) atoms. The van der Waals surface area contributed by atoms with Crippen molar-refractivity contribution in [1.82, 2.24) is 0 Å². The number of ether oxygens (including phenoxy) is 1. The van der Waals surface area contributed by atoms with E-state index in [-0.39, 0.29) is 17.3 Å². The molecule has 1 aromatic carbocycles. The fourth-order valence-corrected chi connectivity index (χ4v) is 2.63. The molecule has 0 aliphatic heterocycles. The average molecular weight is 295 g/mol. The molecule has 0 N–H and O–H groups in total. The fourth-order valence-electron chi connectivity index (χ4n) is 1.45. The zero-order chi connectivity index (χ0) is 13.1. The first-order valence-electron chi connectivity index (χ1n) is 4.80. The minimum absolute atomic E-state index is 0.0142. The summed E-state index contributed by atoms with van der Waals surface area (Å²) in [6, 6.07) is 3.31. The number of halogens is 2. The smallest absolute Gasteiger partial charge is 0.265 e. The van der Waals surface area contributed by atoms with E-state index in [0.29, 0.717) is 5.56 Å². The van der Waals surface area contributed by atoms with Crippen molar-refractivity contribution in [3.63, 3.8) is 0 Å². The van der Waals surface area contributed by atoms with Crippen molar-refractivity contribution in [2.24, 2.45) is 0 Å². The number of rotatable bonds is 4. The second-order valence-corrected chi connectivity index (χ2v) is 6.31. The molecule has 0 atom stereocenters. The van der Waals surface area contributed by atoms with Crippen LogP contribution in [0.15, 0.2) is 28.6 Å². The molecule has 0 heterocycles. The molecule has 6 heteroatoms. The highest BCUT2D eigenvalue weighted by Crippen LogP contribution is 2.31. The predicted octanol–water partition coefficient (Wildman–Crippen LogP) is 3.36. The van der Waals surface area contributed by atoms with Gasteiger partial charge in [0.1, 0.15) is 17.3 Å². The zero-order valence-corrected chi connectivity index (χ0v) is 11.7. The molecule has 0 fully saturated rings. The van der Waals surface area contributed by atoms with E-state index < -0.39 is 9.05 Å². The molecule has 1 aromatic rings. The van der Waals surface area contributed by atoms with Crippen LogP contribution in [0.3, 0.4) is 0 Å². The molecular formula is C11H12Cl2O3S. The van der Waals surface area contributed by atoms with Gasteiger partial charge in [-0.1, -0.05) is 17.7 Å². The van der Waals surface area contributed by atoms with Crippen molar-refractivity contribution in [3.05, 3.63) is 34.9 Å². The number of hydrogen-bond acceptors (Lipinski definition) is 3. The maximum Gasteiger partial charge on any atom is 0.265 e. The lowest BCUT2D eigenvalue weighted by Gasteiger charge is -2.12. The third kappa shape index (κ3) is 3.91. The molecule has 0 saturated heterocycles. The minimum Gasteiger partial charge on any atom is -0.488 e. The highest BCUT2D eigenvalue weighted by atomic mass is 35.7. The SMILES string of the molecule is Cc1cc(C)c(OC/C=C/Cl)c(S(=O)(=O)Cl)c1. The predicted molar refractivity (Wildman–Crippen MR) is 69.4 cm³/mol. The van der Waals surface area contributed by atoms with Crippen LogP contribution in [0.25, 0.3) is 0 Å². The van der Waals surface area contributed by atoms with Crippen LogP contribution in [-0.2, 0) is 9.05 Å². The van der Waals surface area contributed by atoms with Gasteiger partial charge in [-0.25, -0.2) is 8.42 Å². The molecule has 3 nitrogen and oxygen atoms in total. The van der Waals surface area contributed by atoms with E-state index >= 15 is 0 Å². The van der Waals surface area contributed by atoms with Gasteiger partial charge in [0.25, 0.3) is 9.05 Å². The molecule has 0 saturated carbocycles. The maximum atomic E-state index is 11.4. The molecular weight excluding hydrogens is 283 g/mol. The lowest BCUT2D eigenvalue weighted by atomic mass is 10.1. The van der Waals surface area contributed by atoms with E-state index in [0.717, 1.165) is 5.56 Å². The van der Waals surface area contributed by atoms with Crippen LogP contribution >= 0.6 is 22.3 Å². The van der Waals surface area contributed by atoms with E-state index in [1.807, 2.05) is 6.07 Å². The van der Waals surface area contributed by atoms with Gasteiger partial charge in [0.15, 0.2) is 0 Å². The first kappa shape index (κ1) is 14.4. The summed E-state index contributed by atoms with van der Waals surface area (Å²) in [5.74, 6) is 0.264. The summed E-state index contributed by atoms with van der Waals surface area (Å²) in [5.41, 5.74) is 2.83. The van der Waals surface area contributed by atoms with E-state index in [2.05, 4.69) is 0 Å². The molecule has 0 radical (unpaired) electrons. The average Bonchev–Trinajstić information content (AvgIpc) is 2.19.